The molecule has 5 nitrogen and oxygen atoms in total. The molecule has 20 heavy (non-hydrogen) atoms. The lowest BCUT2D eigenvalue weighted by atomic mass is 10.0. The van der Waals surface area contributed by atoms with Crippen LogP contribution in [0.25, 0.3) is 10.9 Å². The van der Waals surface area contributed by atoms with E-state index in [4.69, 9.17) is 15.2 Å². The van der Waals surface area contributed by atoms with Crippen molar-refractivity contribution in [3.63, 3.8) is 0 Å². The predicted octanol–water partition coefficient (Wildman–Crippen LogP) is 2.55. The van der Waals surface area contributed by atoms with Crippen LogP contribution in [0, 0.1) is 0 Å². The number of para-hydroxylation sites is 1. The van der Waals surface area contributed by atoms with E-state index in [9.17, 15) is 0 Å². The van der Waals surface area contributed by atoms with Gasteiger partial charge in [0.2, 0.25) is 11.8 Å². The number of anilines is 1. The molecule has 3 rings (SSSR count). The standard InChI is InChI=1S/C15H19N3O2/c1-9-7-11(8-10(2)19-9)20-14-12-5-3-4-6-13(12)17-15(16)18-14/h3-6,9-11H,7-8H2,1-2H3,(H2,16,17,18). The van der Waals surface area contributed by atoms with Crippen LogP contribution in [0.5, 0.6) is 5.88 Å². The molecule has 2 atom stereocenters. The fourth-order valence-corrected chi connectivity index (χ4v) is 2.75. The molecule has 2 unspecified atom stereocenters. The van der Waals surface area contributed by atoms with Gasteiger partial charge in [0.25, 0.3) is 0 Å². The van der Waals surface area contributed by atoms with Crippen LogP contribution in [0.15, 0.2) is 24.3 Å². The Labute approximate surface area is 118 Å². The number of benzene rings is 1. The van der Waals surface area contributed by atoms with Gasteiger partial charge in [-0.05, 0) is 26.0 Å². The minimum Gasteiger partial charge on any atom is -0.474 e. The van der Waals surface area contributed by atoms with Crippen molar-refractivity contribution in [2.45, 2.75) is 45.0 Å². The van der Waals surface area contributed by atoms with E-state index in [1.54, 1.807) is 0 Å². The van der Waals surface area contributed by atoms with Gasteiger partial charge < -0.3 is 15.2 Å². The molecule has 0 aliphatic carbocycles. The largest absolute Gasteiger partial charge is 0.474 e. The third-order valence-electron chi connectivity index (χ3n) is 3.52. The summed E-state index contributed by atoms with van der Waals surface area (Å²) < 4.78 is 11.8. The third-order valence-corrected chi connectivity index (χ3v) is 3.52. The molecule has 0 saturated carbocycles. The summed E-state index contributed by atoms with van der Waals surface area (Å²) in [7, 11) is 0. The number of hydrogen-bond acceptors (Lipinski definition) is 5. The first kappa shape index (κ1) is 13.1. The second-order valence-electron chi connectivity index (χ2n) is 5.37. The topological polar surface area (TPSA) is 70.3 Å². The molecular formula is C15H19N3O2. The molecule has 2 N–H and O–H groups in total. The van der Waals surface area contributed by atoms with Crippen molar-refractivity contribution in [2.75, 3.05) is 5.73 Å². The van der Waals surface area contributed by atoms with Gasteiger partial charge in [-0.3, -0.25) is 0 Å². The minimum atomic E-state index is 0.103. The summed E-state index contributed by atoms with van der Waals surface area (Å²) >= 11 is 0. The zero-order valence-corrected chi connectivity index (χ0v) is 11.7. The third kappa shape index (κ3) is 2.67. The summed E-state index contributed by atoms with van der Waals surface area (Å²) in [5.74, 6) is 0.811. The van der Waals surface area contributed by atoms with Gasteiger partial charge in [-0.25, -0.2) is 4.98 Å². The molecule has 0 spiro atoms. The lowest BCUT2D eigenvalue weighted by Crippen LogP contribution is -2.35. The second kappa shape index (κ2) is 5.25. The fraction of sp³-hybridized carbons (Fsp3) is 0.467. The van der Waals surface area contributed by atoms with E-state index in [1.807, 2.05) is 24.3 Å². The van der Waals surface area contributed by atoms with Crippen LogP contribution in [-0.2, 0) is 4.74 Å². The highest BCUT2D eigenvalue weighted by Crippen LogP contribution is 2.28. The Morgan fingerprint density at radius 2 is 1.85 bits per heavy atom. The molecule has 0 amide bonds. The Kier molecular flexibility index (Phi) is 3.44. The molecule has 106 valence electrons. The zero-order chi connectivity index (χ0) is 14.1. The number of hydrogen-bond donors (Lipinski definition) is 1. The number of nitrogens with zero attached hydrogens (tertiary/aromatic N) is 2. The fourth-order valence-electron chi connectivity index (χ4n) is 2.75. The average Bonchev–Trinajstić information content (AvgIpc) is 2.37. The molecule has 0 radical (unpaired) electrons. The van der Waals surface area contributed by atoms with Gasteiger partial charge in [0.05, 0.1) is 23.1 Å². The highest BCUT2D eigenvalue weighted by atomic mass is 16.5. The molecule has 1 aliphatic rings. The van der Waals surface area contributed by atoms with Crippen molar-refractivity contribution in [3.8, 4) is 5.88 Å². The summed E-state index contributed by atoms with van der Waals surface area (Å²) in [6, 6.07) is 7.74. The maximum atomic E-state index is 6.08. The van der Waals surface area contributed by atoms with Crippen LogP contribution in [0.2, 0.25) is 0 Å². The Balaban J connectivity index is 1.90. The lowest BCUT2D eigenvalue weighted by molar-refractivity contribution is -0.0726. The van der Waals surface area contributed by atoms with Crippen molar-refractivity contribution in [1.82, 2.24) is 9.97 Å². The van der Waals surface area contributed by atoms with E-state index in [1.165, 1.54) is 0 Å². The van der Waals surface area contributed by atoms with Crippen LogP contribution >= 0.6 is 0 Å². The molecule has 1 fully saturated rings. The maximum absolute atomic E-state index is 6.08. The van der Waals surface area contributed by atoms with E-state index in [-0.39, 0.29) is 24.3 Å². The monoisotopic (exact) mass is 273 g/mol. The van der Waals surface area contributed by atoms with Crippen LogP contribution in [0.4, 0.5) is 5.95 Å². The Hall–Kier alpha value is -1.88. The molecule has 1 aromatic carbocycles. The number of rotatable bonds is 2. The van der Waals surface area contributed by atoms with Gasteiger partial charge >= 0.3 is 0 Å². The zero-order valence-electron chi connectivity index (χ0n) is 11.7. The first-order valence-electron chi connectivity index (χ1n) is 6.96. The summed E-state index contributed by atoms with van der Waals surface area (Å²) in [5, 5.41) is 0.897. The second-order valence-corrected chi connectivity index (χ2v) is 5.37. The number of nitrogens with two attached hydrogens (primary N) is 1. The first-order valence-corrected chi connectivity index (χ1v) is 6.96. The molecular weight excluding hydrogens is 254 g/mol. The van der Waals surface area contributed by atoms with Crippen molar-refractivity contribution < 1.29 is 9.47 Å². The molecule has 2 aromatic rings. The minimum absolute atomic E-state index is 0.103. The quantitative estimate of drug-likeness (QED) is 0.910. The number of fused-ring (bicyclic) bond motifs is 1. The summed E-state index contributed by atoms with van der Waals surface area (Å²) in [6.07, 6.45) is 2.24. The maximum Gasteiger partial charge on any atom is 0.226 e. The molecule has 1 aromatic heterocycles. The highest BCUT2D eigenvalue weighted by molar-refractivity contribution is 5.84. The van der Waals surface area contributed by atoms with E-state index < -0.39 is 0 Å². The predicted molar refractivity (Wildman–Crippen MR) is 77.6 cm³/mol. The molecule has 1 saturated heterocycles. The van der Waals surface area contributed by atoms with Gasteiger partial charge in [0.15, 0.2) is 0 Å². The number of ether oxygens (including phenoxy) is 2. The smallest absolute Gasteiger partial charge is 0.226 e. The van der Waals surface area contributed by atoms with Gasteiger partial charge in [-0.15, -0.1) is 0 Å². The molecule has 5 heteroatoms. The average molecular weight is 273 g/mol. The van der Waals surface area contributed by atoms with Gasteiger partial charge in [-0.1, -0.05) is 12.1 Å². The van der Waals surface area contributed by atoms with Crippen LogP contribution in [0.1, 0.15) is 26.7 Å². The van der Waals surface area contributed by atoms with Gasteiger partial charge in [0, 0.05) is 12.8 Å². The summed E-state index contributed by atoms with van der Waals surface area (Å²) in [5.41, 5.74) is 6.57. The van der Waals surface area contributed by atoms with Crippen molar-refractivity contribution in [3.05, 3.63) is 24.3 Å². The van der Waals surface area contributed by atoms with E-state index in [0.29, 0.717) is 5.88 Å². The number of aromatic nitrogens is 2. The Bertz CT molecular complexity index is 607. The molecule has 1 aliphatic heterocycles. The van der Waals surface area contributed by atoms with Crippen molar-refractivity contribution >= 4 is 16.9 Å². The van der Waals surface area contributed by atoms with Crippen LogP contribution < -0.4 is 10.5 Å². The summed E-state index contributed by atoms with van der Waals surface area (Å²) in [6.45, 7) is 4.14. The van der Waals surface area contributed by atoms with E-state index in [2.05, 4.69) is 23.8 Å². The SMILES string of the molecule is CC1CC(Oc2nc(N)nc3ccccc23)CC(C)O1. The van der Waals surface area contributed by atoms with Gasteiger partial charge in [-0.2, -0.15) is 4.98 Å². The number of nitrogen functional groups attached to an aromatic ring is 1. The normalized spacial score (nSPS) is 26.6. The Morgan fingerprint density at radius 3 is 2.60 bits per heavy atom. The molecule has 2 heterocycles. The van der Waals surface area contributed by atoms with Crippen molar-refractivity contribution in [2.24, 2.45) is 0 Å². The van der Waals surface area contributed by atoms with E-state index >= 15 is 0 Å². The van der Waals surface area contributed by atoms with Crippen molar-refractivity contribution in [1.29, 1.82) is 0 Å². The van der Waals surface area contributed by atoms with Gasteiger partial charge in [0.1, 0.15) is 6.10 Å². The van der Waals surface area contributed by atoms with Crippen LogP contribution in [0.3, 0.4) is 0 Å². The summed E-state index contributed by atoms with van der Waals surface area (Å²) in [4.78, 5) is 8.47. The Morgan fingerprint density at radius 1 is 1.15 bits per heavy atom. The van der Waals surface area contributed by atoms with E-state index in [0.717, 1.165) is 23.7 Å². The molecule has 0 bridgehead atoms. The van der Waals surface area contributed by atoms with Crippen LogP contribution in [-0.4, -0.2) is 28.3 Å². The lowest BCUT2D eigenvalue weighted by Gasteiger charge is -2.32. The first-order chi connectivity index (χ1) is 9.61. The highest BCUT2D eigenvalue weighted by Gasteiger charge is 2.26.